The molecule has 1 aliphatic carbocycles. The number of hydrogen-bond donors (Lipinski definition) is 1. The van der Waals surface area contributed by atoms with Crippen molar-refractivity contribution in [3.8, 4) is 5.75 Å². The maximum absolute atomic E-state index is 13.3. The van der Waals surface area contributed by atoms with Crippen LogP contribution in [0.2, 0.25) is 0 Å². The van der Waals surface area contributed by atoms with E-state index in [4.69, 9.17) is 14.4 Å². The van der Waals surface area contributed by atoms with Crippen LogP contribution in [0.5, 0.6) is 5.75 Å². The van der Waals surface area contributed by atoms with E-state index in [1.807, 2.05) is 31.2 Å². The zero-order valence-corrected chi connectivity index (χ0v) is 19.4. The van der Waals surface area contributed by atoms with E-state index < -0.39 is 18.4 Å². The minimum Gasteiger partial charge on any atom is -0.425 e. The first kappa shape index (κ1) is 23.8. The van der Waals surface area contributed by atoms with E-state index in [0.29, 0.717) is 28.0 Å². The number of carbonyl (C=O) groups excluding carboxylic acids is 2. The minimum absolute atomic E-state index is 0.179. The maximum Gasteiger partial charge on any atom is 0.337 e. The molecule has 0 aliphatic heterocycles. The summed E-state index contributed by atoms with van der Waals surface area (Å²) < 4.78 is 11.4. The Morgan fingerprint density at radius 1 is 0.941 bits per heavy atom. The average molecular weight is 461 g/mol. The number of aryl methyl sites for hydroxylation is 2. The van der Waals surface area contributed by atoms with Gasteiger partial charge in [0, 0.05) is 22.3 Å². The van der Waals surface area contributed by atoms with Crippen molar-refractivity contribution in [1.82, 2.24) is 0 Å². The maximum atomic E-state index is 13.3. The van der Waals surface area contributed by atoms with Crippen LogP contribution >= 0.6 is 0 Å². The van der Waals surface area contributed by atoms with E-state index in [9.17, 15) is 14.8 Å². The Morgan fingerprint density at radius 2 is 1.68 bits per heavy atom. The van der Waals surface area contributed by atoms with Crippen LogP contribution in [0.15, 0.2) is 66.7 Å². The molecule has 1 aliphatic rings. The molecule has 1 N–H and O–H groups in total. The van der Waals surface area contributed by atoms with Gasteiger partial charge in [0.05, 0.1) is 0 Å². The molecule has 0 heterocycles. The highest BCUT2D eigenvalue weighted by Crippen LogP contribution is 2.43. The van der Waals surface area contributed by atoms with E-state index in [1.54, 1.807) is 42.5 Å². The van der Waals surface area contributed by atoms with E-state index >= 15 is 0 Å². The second-order valence-corrected chi connectivity index (χ2v) is 8.45. The number of esters is 1. The van der Waals surface area contributed by atoms with Crippen LogP contribution in [0.4, 0.5) is 0 Å². The van der Waals surface area contributed by atoms with Crippen LogP contribution in [-0.2, 0) is 26.6 Å². The van der Waals surface area contributed by atoms with Crippen molar-refractivity contribution in [2.45, 2.75) is 45.3 Å². The molecule has 3 aromatic carbocycles. The number of fused-ring (bicyclic) bond motifs is 2. The van der Waals surface area contributed by atoms with Gasteiger partial charge in [-0.1, -0.05) is 74.4 Å². The van der Waals surface area contributed by atoms with Gasteiger partial charge in [-0.3, -0.25) is 4.79 Å². The highest BCUT2D eigenvalue weighted by molar-refractivity contribution is 6.13. The molecule has 0 amide bonds. The summed E-state index contributed by atoms with van der Waals surface area (Å²) in [6, 6.07) is 19.4. The van der Waals surface area contributed by atoms with Gasteiger partial charge in [-0.15, -0.1) is 0 Å². The largest absolute Gasteiger partial charge is 0.425 e. The van der Waals surface area contributed by atoms with E-state index in [1.165, 1.54) is 0 Å². The Bertz CT molecular complexity index is 1200. The number of rotatable bonds is 9. The second kappa shape index (κ2) is 10.3. The Balaban J connectivity index is 1.67. The molecule has 34 heavy (non-hydrogen) atoms. The molecule has 3 aromatic rings. The molecule has 6 heteroatoms. The first-order chi connectivity index (χ1) is 16.5. The molecule has 0 aromatic heterocycles. The van der Waals surface area contributed by atoms with Crippen molar-refractivity contribution in [2.24, 2.45) is 0 Å². The van der Waals surface area contributed by atoms with Crippen molar-refractivity contribution >= 4 is 11.8 Å². The fourth-order valence-corrected chi connectivity index (χ4v) is 4.32. The normalized spacial score (nSPS) is 16.6. The molecule has 0 saturated carbocycles. The number of hydrogen-bond acceptors (Lipinski definition) is 6. The fraction of sp³-hybridized carbons (Fsp3) is 0.286. The Kier molecular flexibility index (Phi) is 7.22. The summed E-state index contributed by atoms with van der Waals surface area (Å²) in [5.74, 6) is -2.25. The lowest BCUT2D eigenvalue weighted by Crippen LogP contribution is -2.41. The summed E-state index contributed by atoms with van der Waals surface area (Å²) in [5.41, 5.74) is 3.24. The first-order valence-electron chi connectivity index (χ1n) is 11.5. The molecular formula is C28H28O6. The predicted octanol–water partition coefficient (Wildman–Crippen LogP) is 5.59. The van der Waals surface area contributed by atoms with Gasteiger partial charge in [0.15, 0.2) is 5.78 Å². The molecule has 0 saturated heterocycles. The van der Waals surface area contributed by atoms with Crippen LogP contribution in [0.3, 0.4) is 0 Å². The molecular weight excluding hydrogens is 432 g/mol. The van der Waals surface area contributed by atoms with Crippen molar-refractivity contribution in [3.05, 3.63) is 100 Å². The zero-order valence-electron chi connectivity index (χ0n) is 19.4. The van der Waals surface area contributed by atoms with Crippen LogP contribution < -0.4 is 4.74 Å². The van der Waals surface area contributed by atoms with Gasteiger partial charge >= 0.3 is 5.97 Å². The third-order valence-electron chi connectivity index (χ3n) is 6.12. The summed E-state index contributed by atoms with van der Waals surface area (Å²) in [4.78, 5) is 30.9. The van der Waals surface area contributed by atoms with Crippen molar-refractivity contribution in [2.75, 3.05) is 6.61 Å². The molecule has 1 atom stereocenters. The van der Waals surface area contributed by atoms with Crippen LogP contribution in [0.25, 0.3) is 0 Å². The van der Waals surface area contributed by atoms with Gasteiger partial charge in [0.25, 0.3) is 5.79 Å². The fourth-order valence-electron chi connectivity index (χ4n) is 4.32. The van der Waals surface area contributed by atoms with Crippen LogP contribution in [-0.4, -0.2) is 23.6 Å². The second-order valence-electron chi connectivity index (χ2n) is 8.45. The lowest BCUT2D eigenvalue weighted by atomic mass is 9.79. The van der Waals surface area contributed by atoms with E-state index in [2.05, 4.69) is 6.92 Å². The summed E-state index contributed by atoms with van der Waals surface area (Å²) in [6.45, 7) is 3.47. The molecule has 0 spiro atoms. The summed E-state index contributed by atoms with van der Waals surface area (Å²) in [6.07, 6.45) is 4.06. The van der Waals surface area contributed by atoms with Crippen molar-refractivity contribution in [3.63, 3.8) is 0 Å². The number of benzene rings is 3. The van der Waals surface area contributed by atoms with E-state index in [0.717, 1.165) is 36.8 Å². The molecule has 0 radical (unpaired) electrons. The van der Waals surface area contributed by atoms with Crippen LogP contribution in [0, 0.1) is 6.92 Å². The molecule has 0 fully saturated rings. The minimum atomic E-state index is -1.84. The monoisotopic (exact) mass is 460 g/mol. The lowest BCUT2D eigenvalue weighted by molar-refractivity contribution is -0.394. The average Bonchev–Trinajstić information content (AvgIpc) is 2.86. The highest BCUT2D eigenvalue weighted by Gasteiger charge is 2.47. The summed E-state index contributed by atoms with van der Waals surface area (Å²) in [5, 5.41) is 10.1. The van der Waals surface area contributed by atoms with Gasteiger partial charge in [-0.05, 0) is 43.0 Å². The third kappa shape index (κ3) is 4.53. The number of ketones is 1. The SMILES string of the molecule is CCCCCc1ccc2c(c1)C(=O)c1ccccc1C2(OO)OCC(=O)Oc1ccccc1C. The van der Waals surface area contributed by atoms with Crippen LogP contribution in [0.1, 0.15) is 64.4 Å². The summed E-state index contributed by atoms with van der Waals surface area (Å²) in [7, 11) is 0. The predicted molar refractivity (Wildman–Crippen MR) is 127 cm³/mol. The molecule has 0 bridgehead atoms. The third-order valence-corrected chi connectivity index (χ3v) is 6.12. The molecule has 6 nitrogen and oxygen atoms in total. The summed E-state index contributed by atoms with van der Waals surface area (Å²) >= 11 is 0. The Labute approximate surface area is 199 Å². The zero-order chi connectivity index (χ0) is 24.1. The lowest BCUT2D eigenvalue weighted by Gasteiger charge is -2.36. The smallest absolute Gasteiger partial charge is 0.337 e. The van der Waals surface area contributed by atoms with Gasteiger partial charge in [-0.2, -0.15) is 4.89 Å². The Morgan fingerprint density at radius 3 is 2.44 bits per heavy atom. The number of unbranched alkanes of at least 4 members (excludes halogenated alkanes) is 2. The van der Waals surface area contributed by atoms with Crippen molar-refractivity contribution in [1.29, 1.82) is 0 Å². The molecule has 1 unspecified atom stereocenters. The van der Waals surface area contributed by atoms with Gasteiger partial charge in [-0.25, -0.2) is 10.1 Å². The highest BCUT2D eigenvalue weighted by atomic mass is 17.1. The Hall–Kier alpha value is -3.32. The number of carbonyl (C=O) groups is 2. The topological polar surface area (TPSA) is 82.1 Å². The van der Waals surface area contributed by atoms with Gasteiger partial charge in [0.1, 0.15) is 12.4 Å². The van der Waals surface area contributed by atoms with E-state index in [-0.39, 0.29) is 5.78 Å². The standard InChI is InChI=1S/C28H28O6/c1-3-4-5-11-20-15-16-24-22(17-20)27(30)21-12-7-8-13-23(21)28(24,34-31)32-18-26(29)33-25-14-9-6-10-19(25)2/h6-10,12-17,31H,3-5,11,18H2,1-2H3. The first-order valence-corrected chi connectivity index (χ1v) is 11.5. The number of ether oxygens (including phenoxy) is 2. The van der Waals surface area contributed by atoms with Gasteiger partial charge < -0.3 is 9.47 Å². The quantitative estimate of drug-likeness (QED) is 0.112. The van der Waals surface area contributed by atoms with Gasteiger partial charge in [0.2, 0.25) is 0 Å². The van der Waals surface area contributed by atoms with Crippen molar-refractivity contribution < 1.29 is 29.2 Å². The number of para-hydroxylation sites is 1. The molecule has 4 rings (SSSR count). The molecule has 176 valence electrons.